The predicted octanol–water partition coefficient (Wildman–Crippen LogP) is 5.08. The Kier molecular flexibility index (Phi) is 6.36. The van der Waals surface area contributed by atoms with E-state index < -0.39 is 5.54 Å². The van der Waals surface area contributed by atoms with E-state index in [2.05, 4.69) is 57.0 Å². The highest BCUT2D eigenvalue weighted by Crippen LogP contribution is 2.30. The monoisotopic (exact) mass is 466 g/mol. The number of rotatable bonds is 8. The van der Waals surface area contributed by atoms with Crippen LogP contribution in [0.4, 0.5) is 0 Å². The molecule has 5 rings (SSSR count). The van der Waals surface area contributed by atoms with E-state index in [4.69, 9.17) is 0 Å². The van der Waals surface area contributed by atoms with Gasteiger partial charge in [0.15, 0.2) is 0 Å². The lowest BCUT2D eigenvalue weighted by Gasteiger charge is -2.29. The topological polar surface area (TPSA) is 86.9 Å². The molecule has 2 amide bonds. The van der Waals surface area contributed by atoms with Crippen molar-refractivity contribution in [2.45, 2.75) is 50.6 Å². The van der Waals surface area contributed by atoms with E-state index in [-0.39, 0.29) is 17.9 Å². The highest BCUT2D eigenvalue weighted by atomic mass is 16.2. The van der Waals surface area contributed by atoms with Crippen LogP contribution in [0.3, 0.4) is 0 Å². The first-order chi connectivity index (χ1) is 17.0. The highest BCUT2D eigenvalue weighted by Gasteiger charge is 2.38. The number of hydrogen-bond acceptors (Lipinski definition) is 3. The van der Waals surface area contributed by atoms with Crippen molar-refractivity contribution >= 4 is 22.8 Å². The first-order valence-electron chi connectivity index (χ1n) is 12.2. The van der Waals surface area contributed by atoms with Gasteiger partial charge in [-0.05, 0) is 55.0 Å². The number of fused-ring (bicyclic) bond motifs is 1. The molecule has 35 heavy (non-hydrogen) atoms. The van der Waals surface area contributed by atoms with Gasteiger partial charge in [-0.3, -0.25) is 9.59 Å². The lowest BCUT2D eigenvalue weighted by molar-refractivity contribution is -0.123. The van der Waals surface area contributed by atoms with Crippen LogP contribution in [0, 0.1) is 0 Å². The second kappa shape index (κ2) is 9.74. The highest BCUT2D eigenvalue weighted by molar-refractivity contribution is 5.80. The molecule has 3 aromatic carbocycles. The average molecular weight is 467 g/mol. The van der Waals surface area contributed by atoms with Crippen molar-refractivity contribution < 1.29 is 9.59 Å². The Morgan fingerprint density at radius 3 is 2.43 bits per heavy atom. The molecule has 6 nitrogen and oxygen atoms in total. The minimum atomic E-state index is -0.398. The number of aromatic amines is 1. The molecule has 2 atom stereocenters. The molecule has 3 N–H and O–H groups in total. The SMILES string of the molecule is C[C@H](NC(=O)CC[C@]1(Cc2ccc(-c3ccccc3)cc2)CCC(=O)N1)c1nc2ccccc2[nH]1. The van der Waals surface area contributed by atoms with E-state index >= 15 is 0 Å². The molecule has 0 spiro atoms. The average Bonchev–Trinajstić information content (AvgIpc) is 3.48. The summed E-state index contributed by atoms with van der Waals surface area (Å²) >= 11 is 0. The number of carbonyl (C=O) groups is 2. The van der Waals surface area contributed by atoms with Crippen LogP contribution < -0.4 is 10.6 Å². The molecule has 0 unspecified atom stereocenters. The number of aromatic nitrogens is 2. The van der Waals surface area contributed by atoms with Gasteiger partial charge in [0, 0.05) is 18.4 Å². The van der Waals surface area contributed by atoms with Crippen molar-refractivity contribution in [3.63, 3.8) is 0 Å². The molecule has 0 radical (unpaired) electrons. The zero-order chi connectivity index (χ0) is 24.3. The molecule has 1 aliphatic rings. The summed E-state index contributed by atoms with van der Waals surface area (Å²) in [4.78, 5) is 32.8. The maximum absolute atomic E-state index is 12.8. The smallest absolute Gasteiger partial charge is 0.220 e. The zero-order valence-electron chi connectivity index (χ0n) is 19.9. The molecule has 0 aliphatic carbocycles. The molecule has 178 valence electrons. The number of amides is 2. The first kappa shape index (κ1) is 22.8. The second-order valence-electron chi connectivity index (χ2n) is 9.50. The number of H-pyrrole nitrogens is 1. The summed E-state index contributed by atoms with van der Waals surface area (Å²) in [7, 11) is 0. The molecule has 1 saturated heterocycles. The van der Waals surface area contributed by atoms with Gasteiger partial charge < -0.3 is 15.6 Å². The maximum Gasteiger partial charge on any atom is 0.220 e. The summed E-state index contributed by atoms with van der Waals surface area (Å²) in [5.74, 6) is 0.752. The Balaban J connectivity index is 1.22. The van der Waals surface area contributed by atoms with Gasteiger partial charge in [0.05, 0.1) is 17.1 Å². The van der Waals surface area contributed by atoms with Crippen molar-refractivity contribution in [3.05, 3.63) is 90.3 Å². The van der Waals surface area contributed by atoms with Gasteiger partial charge in [-0.1, -0.05) is 66.7 Å². The van der Waals surface area contributed by atoms with Crippen LogP contribution in [-0.4, -0.2) is 27.3 Å². The third-order valence-electron chi connectivity index (χ3n) is 6.86. The Hall–Kier alpha value is -3.93. The number of carbonyl (C=O) groups excluding carboxylic acids is 2. The summed E-state index contributed by atoms with van der Waals surface area (Å²) in [5, 5.41) is 6.24. The predicted molar refractivity (Wildman–Crippen MR) is 138 cm³/mol. The molecular formula is C29H30N4O2. The van der Waals surface area contributed by atoms with Gasteiger partial charge >= 0.3 is 0 Å². The Bertz CT molecular complexity index is 1300. The second-order valence-corrected chi connectivity index (χ2v) is 9.50. The van der Waals surface area contributed by atoms with Crippen LogP contribution in [0.1, 0.15) is 50.0 Å². The molecule has 1 aromatic heterocycles. The molecule has 1 fully saturated rings. The third-order valence-corrected chi connectivity index (χ3v) is 6.86. The fourth-order valence-corrected chi connectivity index (χ4v) is 4.93. The van der Waals surface area contributed by atoms with Crippen molar-refractivity contribution in [2.24, 2.45) is 0 Å². The van der Waals surface area contributed by atoms with E-state index in [0.717, 1.165) is 34.4 Å². The van der Waals surface area contributed by atoms with Crippen molar-refractivity contribution in [2.75, 3.05) is 0 Å². The van der Waals surface area contributed by atoms with E-state index in [0.29, 0.717) is 25.7 Å². The van der Waals surface area contributed by atoms with E-state index in [1.54, 1.807) is 0 Å². The number of hydrogen-bond donors (Lipinski definition) is 3. The summed E-state index contributed by atoms with van der Waals surface area (Å²) < 4.78 is 0. The van der Waals surface area contributed by atoms with Crippen LogP contribution >= 0.6 is 0 Å². The Morgan fingerprint density at radius 1 is 1.00 bits per heavy atom. The quantitative estimate of drug-likeness (QED) is 0.338. The largest absolute Gasteiger partial charge is 0.350 e. The molecule has 2 heterocycles. The fraction of sp³-hybridized carbons (Fsp3) is 0.276. The lowest BCUT2D eigenvalue weighted by atomic mass is 9.84. The van der Waals surface area contributed by atoms with Gasteiger partial charge in [0.1, 0.15) is 5.82 Å². The number of para-hydroxylation sites is 2. The Labute approximate surface area is 205 Å². The fourth-order valence-electron chi connectivity index (χ4n) is 4.93. The van der Waals surface area contributed by atoms with Crippen LogP contribution in [0.25, 0.3) is 22.2 Å². The molecule has 0 bridgehead atoms. The standard InChI is InChI=1S/C29H30N4O2/c1-20(28-31-24-9-5-6-10-25(24)32-28)30-26(34)15-17-29(18-16-27(35)33-29)19-21-11-13-23(14-12-21)22-7-3-2-4-8-22/h2-14,20H,15-19H2,1H3,(H,30,34)(H,31,32)(H,33,35)/t20-,29+/m0/s1. The van der Waals surface area contributed by atoms with Gasteiger partial charge in [0.25, 0.3) is 0 Å². The molecular weight excluding hydrogens is 436 g/mol. The van der Waals surface area contributed by atoms with Crippen molar-refractivity contribution in [1.82, 2.24) is 20.6 Å². The van der Waals surface area contributed by atoms with E-state index in [1.807, 2.05) is 49.4 Å². The normalized spacial score (nSPS) is 18.4. The zero-order valence-corrected chi connectivity index (χ0v) is 19.9. The van der Waals surface area contributed by atoms with Crippen LogP contribution in [0.2, 0.25) is 0 Å². The van der Waals surface area contributed by atoms with E-state index in [1.165, 1.54) is 5.56 Å². The summed E-state index contributed by atoms with van der Waals surface area (Å²) in [6.45, 7) is 1.93. The maximum atomic E-state index is 12.8. The molecule has 6 heteroatoms. The summed E-state index contributed by atoms with van der Waals surface area (Å²) in [6, 6.07) is 26.4. The Morgan fingerprint density at radius 2 is 1.71 bits per heavy atom. The third kappa shape index (κ3) is 5.27. The van der Waals surface area contributed by atoms with Crippen LogP contribution in [-0.2, 0) is 16.0 Å². The van der Waals surface area contributed by atoms with Crippen LogP contribution in [0.15, 0.2) is 78.9 Å². The number of nitrogens with one attached hydrogen (secondary N) is 3. The molecule has 4 aromatic rings. The summed E-state index contributed by atoms with van der Waals surface area (Å²) in [6.07, 6.45) is 2.88. The molecule has 1 aliphatic heterocycles. The lowest BCUT2D eigenvalue weighted by Crippen LogP contribution is -2.44. The minimum absolute atomic E-state index is 0.0436. The first-order valence-corrected chi connectivity index (χ1v) is 12.2. The van der Waals surface area contributed by atoms with Crippen LogP contribution in [0.5, 0.6) is 0 Å². The number of benzene rings is 3. The number of nitrogens with zero attached hydrogens (tertiary/aromatic N) is 1. The van der Waals surface area contributed by atoms with Gasteiger partial charge in [0.2, 0.25) is 11.8 Å². The van der Waals surface area contributed by atoms with Gasteiger partial charge in [-0.2, -0.15) is 0 Å². The minimum Gasteiger partial charge on any atom is -0.350 e. The van der Waals surface area contributed by atoms with Crippen molar-refractivity contribution in [3.8, 4) is 11.1 Å². The summed E-state index contributed by atoms with van der Waals surface area (Å²) in [5.41, 5.74) is 4.94. The van der Waals surface area contributed by atoms with E-state index in [9.17, 15) is 9.59 Å². The van der Waals surface area contributed by atoms with Gasteiger partial charge in [-0.15, -0.1) is 0 Å². The molecule has 0 saturated carbocycles. The van der Waals surface area contributed by atoms with Gasteiger partial charge in [-0.25, -0.2) is 4.98 Å². The number of imidazole rings is 1. The van der Waals surface area contributed by atoms with Crippen molar-refractivity contribution in [1.29, 1.82) is 0 Å².